The monoisotopic (exact) mass is 400 g/mol. The van der Waals surface area contributed by atoms with Crippen molar-refractivity contribution in [3.8, 4) is 0 Å². The van der Waals surface area contributed by atoms with Gasteiger partial charge in [-0.3, -0.25) is 0 Å². The van der Waals surface area contributed by atoms with Gasteiger partial charge in [0.1, 0.15) is 8.07 Å². The van der Waals surface area contributed by atoms with E-state index < -0.39 is 8.07 Å². The highest BCUT2D eigenvalue weighted by Crippen LogP contribution is 2.32. The molecule has 0 saturated carbocycles. The van der Waals surface area contributed by atoms with Crippen molar-refractivity contribution in [1.29, 1.82) is 0 Å². The highest BCUT2D eigenvalue weighted by atomic mass is 28.3. The molecule has 2 aromatic carbocycles. The molecule has 1 heteroatoms. The summed E-state index contributed by atoms with van der Waals surface area (Å²) in [6.07, 6.45) is 11.6. The van der Waals surface area contributed by atoms with Gasteiger partial charge in [0.25, 0.3) is 0 Å². The molecule has 2 aliphatic carbocycles. The summed E-state index contributed by atoms with van der Waals surface area (Å²) in [5.41, 5.74) is 9.35. The van der Waals surface area contributed by atoms with Gasteiger partial charge in [-0.25, -0.2) is 0 Å². The average Bonchev–Trinajstić information content (AvgIpc) is 3.26. The van der Waals surface area contributed by atoms with Crippen molar-refractivity contribution in [2.45, 2.75) is 78.3 Å². The minimum absolute atomic E-state index is 0.168. The van der Waals surface area contributed by atoms with E-state index in [0.29, 0.717) is 0 Å². The third-order valence-electron chi connectivity index (χ3n) is 6.89. The second-order valence-electron chi connectivity index (χ2n) is 11.5. The second-order valence-corrected chi connectivity index (χ2v) is 15.8. The first-order valence-electron chi connectivity index (χ1n) is 11.1. The van der Waals surface area contributed by atoms with Crippen molar-refractivity contribution in [1.82, 2.24) is 0 Å². The first-order chi connectivity index (χ1) is 13.4. The van der Waals surface area contributed by atoms with Gasteiger partial charge in [-0.15, -0.1) is 0 Å². The molecule has 4 rings (SSSR count). The molecule has 2 aliphatic rings. The lowest BCUT2D eigenvalue weighted by atomic mass is 9.85. The van der Waals surface area contributed by atoms with Gasteiger partial charge in [-0.1, -0.05) is 114 Å². The Morgan fingerprint density at radius 3 is 1.34 bits per heavy atom. The molecule has 0 unspecified atom stereocenters. The number of hydrogen-bond acceptors (Lipinski definition) is 0. The largest absolute Gasteiger partial charge is 0.113 e. The molecule has 0 spiro atoms. The van der Waals surface area contributed by atoms with Crippen LogP contribution in [0.2, 0.25) is 13.1 Å². The third-order valence-corrected chi connectivity index (χ3v) is 10.5. The summed E-state index contributed by atoms with van der Waals surface area (Å²) < 4.78 is 0. The lowest BCUT2D eigenvalue weighted by Crippen LogP contribution is -2.56. The molecule has 0 heterocycles. The van der Waals surface area contributed by atoms with Gasteiger partial charge in [-0.2, -0.15) is 0 Å². The van der Waals surface area contributed by atoms with Crippen molar-refractivity contribution in [2.75, 3.05) is 0 Å². The molecule has 0 radical (unpaired) electrons. The summed E-state index contributed by atoms with van der Waals surface area (Å²) >= 11 is 0. The topological polar surface area (TPSA) is 0 Å². The maximum absolute atomic E-state index is 2.58. The summed E-state index contributed by atoms with van der Waals surface area (Å²) in [5.74, 6) is 0. The maximum Gasteiger partial charge on any atom is 0.113 e. The first-order valence-corrected chi connectivity index (χ1v) is 14.1. The number of hydrogen-bond donors (Lipinski definition) is 0. The van der Waals surface area contributed by atoms with Crippen molar-refractivity contribution in [3.63, 3.8) is 0 Å². The number of benzene rings is 2. The van der Waals surface area contributed by atoms with Crippen LogP contribution in [0.25, 0.3) is 12.2 Å². The van der Waals surface area contributed by atoms with E-state index in [1.165, 1.54) is 22.3 Å². The summed E-state index contributed by atoms with van der Waals surface area (Å²) in [6, 6.07) is 10.0. The van der Waals surface area contributed by atoms with Crippen LogP contribution in [-0.2, 0) is 23.7 Å². The van der Waals surface area contributed by atoms with E-state index in [0.717, 1.165) is 12.8 Å². The Balaban J connectivity index is 1.96. The van der Waals surface area contributed by atoms with Crippen LogP contribution in [0, 0.1) is 0 Å². The van der Waals surface area contributed by atoms with Crippen LogP contribution in [-0.4, -0.2) is 8.07 Å². The SMILES string of the molecule is CC(C)(C)c1cc2c(c([Si](C)(C)c3cc(C(C)(C)C)cc4c3CC=C4)c1)CC=C2. The quantitative estimate of drug-likeness (QED) is 0.523. The number of rotatable bonds is 2. The fourth-order valence-electron chi connectivity index (χ4n) is 4.88. The zero-order valence-electron chi connectivity index (χ0n) is 19.5. The van der Waals surface area contributed by atoms with Crippen LogP contribution in [0.1, 0.15) is 74.9 Å². The van der Waals surface area contributed by atoms with Gasteiger partial charge >= 0.3 is 0 Å². The Morgan fingerprint density at radius 1 is 0.621 bits per heavy atom. The van der Waals surface area contributed by atoms with Gasteiger partial charge in [0, 0.05) is 0 Å². The predicted octanol–water partition coefficient (Wildman–Crippen LogP) is 6.24. The molecule has 0 atom stereocenters. The molecule has 152 valence electrons. The zero-order chi connectivity index (χ0) is 21.2. The Bertz CT molecular complexity index is 950. The zero-order valence-corrected chi connectivity index (χ0v) is 20.5. The Hall–Kier alpha value is -1.86. The van der Waals surface area contributed by atoms with Crippen LogP contribution in [0.3, 0.4) is 0 Å². The summed E-state index contributed by atoms with van der Waals surface area (Å²) in [5, 5.41) is 3.29. The van der Waals surface area contributed by atoms with Gasteiger partial charge in [0.15, 0.2) is 0 Å². The van der Waals surface area contributed by atoms with Gasteiger partial charge in [-0.05, 0) is 57.1 Å². The van der Waals surface area contributed by atoms with Crippen LogP contribution < -0.4 is 10.4 Å². The lowest BCUT2D eigenvalue weighted by molar-refractivity contribution is 0.590. The van der Waals surface area contributed by atoms with Crippen LogP contribution in [0.5, 0.6) is 0 Å². The van der Waals surface area contributed by atoms with Crippen molar-refractivity contribution >= 4 is 30.6 Å². The molecule has 2 aromatic rings. The van der Waals surface area contributed by atoms with Gasteiger partial charge < -0.3 is 0 Å². The Labute approximate surface area is 178 Å². The molecule has 29 heavy (non-hydrogen) atoms. The molecule has 0 amide bonds. The highest BCUT2D eigenvalue weighted by molar-refractivity contribution is 7.01. The molecular formula is C28H36Si. The van der Waals surface area contributed by atoms with E-state index in [1.807, 2.05) is 0 Å². The van der Waals surface area contributed by atoms with E-state index in [9.17, 15) is 0 Å². The standard InChI is InChI=1S/C28H36Si/c1-27(2,3)21-15-19-11-9-13-23(19)25(17-21)29(7,8)26-18-22(28(4,5)6)16-20-12-10-14-24(20)26/h9-12,15-18H,13-14H2,1-8H3. The summed E-state index contributed by atoms with van der Waals surface area (Å²) in [4.78, 5) is 0. The Morgan fingerprint density at radius 2 is 1.00 bits per heavy atom. The van der Waals surface area contributed by atoms with Gasteiger partial charge in [0.05, 0.1) is 0 Å². The first kappa shape index (κ1) is 20.4. The fraction of sp³-hybridized carbons (Fsp3) is 0.429. The molecular weight excluding hydrogens is 364 g/mol. The van der Waals surface area contributed by atoms with Crippen molar-refractivity contribution in [2.24, 2.45) is 0 Å². The van der Waals surface area contributed by atoms with Crippen molar-refractivity contribution in [3.05, 3.63) is 69.8 Å². The van der Waals surface area contributed by atoms with E-state index in [2.05, 4.69) is 103 Å². The molecule has 0 fully saturated rings. The molecule has 0 aliphatic heterocycles. The smallest absolute Gasteiger partial charge is 0.0795 e. The van der Waals surface area contributed by atoms with E-state index in [1.54, 1.807) is 21.5 Å². The summed E-state index contributed by atoms with van der Waals surface area (Å²) in [6.45, 7) is 19.2. The Kier molecular flexibility index (Phi) is 4.62. The second kappa shape index (κ2) is 6.57. The minimum atomic E-state index is -1.87. The molecule has 0 bridgehead atoms. The molecule has 0 nitrogen and oxygen atoms in total. The van der Waals surface area contributed by atoms with Crippen molar-refractivity contribution < 1.29 is 0 Å². The lowest BCUT2D eigenvalue weighted by Gasteiger charge is -2.33. The van der Waals surface area contributed by atoms with E-state index in [-0.39, 0.29) is 10.8 Å². The summed E-state index contributed by atoms with van der Waals surface area (Å²) in [7, 11) is -1.87. The predicted molar refractivity (Wildman–Crippen MR) is 133 cm³/mol. The third kappa shape index (κ3) is 3.48. The number of fused-ring (bicyclic) bond motifs is 2. The van der Waals surface area contributed by atoms with E-state index in [4.69, 9.17) is 0 Å². The minimum Gasteiger partial charge on any atom is -0.0795 e. The normalized spacial score (nSPS) is 15.7. The molecule has 0 saturated heterocycles. The van der Waals surface area contributed by atoms with Crippen LogP contribution in [0.4, 0.5) is 0 Å². The maximum atomic E-state index is 2.58. The van der Waals surface area contributed by atoms with Crippen LogP contribution in [0.15, 0.2) is 36.4 Å². The van der Waals surface area contributed by atoms with Crippen LogP contribution >= 0.6 is 0 Å². The van der Waals surface area contributed by atoms with E-state index >= 15 is 0 Å². The molecule has 0 aromatic heterocycles. The van der Waals surface area contributed by atoms with Gasteiger partial charge in [0.2, 0.25) is 0 Å². The highest BCUT2D eigenvalue weighted by Gasteiger charge is 2.35. The number of allylic oxidation sites excluding steroid dienone is 2. The average molecular weight is 401 g/mol. The fourth-order valence-corrected chi connectivity index (χ4v) is 8.20. The molecule has 0 N–H and O–H groups in total.